The zero-order valence-corrected chi connectivity index (χ0v) is 14.3. The van der Waals surface area contributed by atoms with Crippen molar-refractivity contribution in [1.82, 2.24) is 9.97 Å². The summed E-state index contributed by atoms with van der Waals surface area (Å²) in [6, 6.07) is 4.26. The van der Waals surface area contributed by atoms with Crippen LogP contribution in [0.25, 0.3) is 0 Å². The van der Waals surface area contributed by atoms with Crippen LogP contribution < -0.4 is 10.6 Å². The van der Waals surface area contributed by atoms with Crippen LogP contribution in [0, 0.1) is 6.92 Å². The minimum absolute atomic E-state index is 0.0660. The highest BCUT2D eigenvalue weighted by molar-refractivity contribution is 7.09. The molecule has 0 aliphatic heterocycles. The van der Waals surface area contributed by atoms with E-state index in [2.05, 4.69) is 53.9 Å². The zero-order valence-electron chi connectivity index (χ0n) is 13.4. The van der Waals surface area contributed by atoms with E-state index in [0.29, 0.717) is 0 Å². The molecule has 0 radical (unpaired) electrons. The van der Waals surface area contributed by atoms with Crippen molar-refractivity contribution in [3.63, 3.8) is 0 Å². The lowest BCUT2D eigenvalue weighted by Crippen LogP contribution is -2.20. The number of hydrogen-bond donors (Lipinski definition) is 2. The van der Waals surface area contributed by atoms with Crippen molar-refractivity contribution in [3.05, 3.63) is 33.8 Å². The second-order valence-corrected chi connectivity index (χ2v) is 7.16. The molecule has 2 aromatic heterocycles. The first-order chi connectivity index (χ1) is 9.91. The quantitative estimate of drug-likeness (QED) is 0.881. The third kappa shape index (κ3) is 3.94. The Bertz CT molecular complexity index is 585. The van der Waals surface area contributed by atoms with Crippen LogP contribution in [0.15, 0.2) is 17.5 Å². The first-order valence-electron chi connectivity index (χ1n) is 7.25. The van der Waals surface area contributed by atoms with Gasteiger partial charge in [0.25, 0.3) is 0 Å². The van der Waals surface area contributed by atoms with Crippen LogP contribution in [-0.2, 0) is 11.8 Å². The van der Waals surface area contributed by atoms with Crippen LogP contribution in [0.3, 0.4) is 0 Å². The van der Waals surface area contributed by atoms with E-state index in [-0.39, 0.29) is 5.41 Å². The molecule has 0 aromatic carbocycles. The fourth-order valence-electron chi connectivity index (χ4n) is 2.03. The first-order valence-corrected chi connectivity index (χ1v) is 8.13. The zero-order chi connectivity index (χ0) is 15.5. The van der Waals surface area contributed by atoms with Crippen LogP contribution in [-0.4, -0.2) is 23.6 Å². The number of anilines is 2. The monoisotopic (exact) mass is 304 g/mol. The Hall–Kier alpha value is -1.62. The summed E-state index contributed by atoms with van der Waals surface area (Å²) in [5.74, 6) is 2.68. The van der Waals surface area contributed by atoms with E-state index in [4.69, 9.17) is 4.98 Å². The Balaban J connectivity index is 2.17. The van der Waals surface area contributed by atoms with Crippen LogP contribution in [0.1, 0.15) is 37.0 Å². The molecule has 0 amide bonds. The summed E-state index contributed by atoms with van der Waals surface area (Å²) < 4.78 is 0. The average Bonchev–Trinajstić information content (AvgIpc) is 2.92. The van der Waals surface area contributed by atoms with Gasteiger partial charge in [0.05, 0.1) is 0 Å². The molecule has 114 valence electrons. The minimum atomic E-state index is -0.0660. The van der Waals surface area contributed by atoms with E-state index in [0.717, 1.165) is 36.0 Å². The molecule has 0 spiro atoms. The van der Waals surface area contributed by atoms with Gasteiger partial charge in [-0.05, 0) is 24.8 Å². The molecule has 4 nitrogen and oxygen atoms in total. The van der Waals surface area contributed by atoms with Gasteiger partial charge in [0.1, 0.15) is 17.5 Å². The molecule has 0 aliphatic rings. The van der Waals surface area contributed by atoms with E-state index in [1.807, 2.05) is 14.0 Å². The Morgan fingerprint density at radius 1 is 1.19 bits per heavy atom. The molecular formula is C16H24N4S. The summed E-state index contributed by atoms with van der Waals surface area (Å²) in [7, 11) is 1.90. The molecular weight excluding hydrogens is 280 g/mol. The fourth-order valence-corrected chi connectivity index (χ4v) is 2.74. The lowest BCUT2D eigenvalue weighted by atomic mass is 9.95. The summed E-state index contributed by atoms with van der Waals surface area (Å²) in [5.41, 5.74) is 1.00. The van der Waals surface area contributed by atoms with Crippen molar-refractivity contribution in [3.8, 4) is 0 Å². The normalized spacial score (nSPS) is 11.5. The Morgan fingerprint density at radius 2 is 1.90 bits per heavy atom. The van der Waals surface area contributed by atoms with Crippen molar-refractivity contribution < 1.29 is 0 Å². The van der Waals surface area contributed by atoms with Gasteiger partial charge in [-0.1, -0.05) is 26.8 Å². The van der Waals surface area contributed by atoms with Gasteiger partial charge in [-0.25, -0.2) is 9.97 Å². The van der Waals surface area contributed by atoms with Gasteiger partial charge in [0, 0.05) is 29.4 Å². The second kappa shape index (κ2) is 6.43. The largest absolute Gasteiger partial charge is 0.373 e. The van der Waals surface area contributed by atoms with Crippen molar-refractivity contribution >= 4 is 23.0 Å². The predicted molar refractivity (Wildman–Crippen MR) is 91.5 cm³/mol. The lowest BCUT2D eigenvalue weighted by molar-refractivity contribution is 0.546. The van der Waals surface area contributed by atoms with Gasteiger partial charge < -0.3 is 10.6 Å². The summed E-state index contributed by atoms with van der Waals surface area (Å²) in [4.78, 5) is 10.7. The first kappa shape index (κ1) is 15.8. The molecule has 0 saturated carbocycles. The summed E-state index contributed by atoms with van der Waals surface area (Å²) in [6.45, 7) is 9.32. The van der Waals surface area contributed by atoms with E-state index in [1.54, 1.807) is 11.3 Å². The summed E-state index contributed by atoms with van der Waals surface area (Å²) in [5, 5.41) is 8.73. The van der Waals surface area contributed by atoms with E-state index >= 15 is 0 Å². The van der Waals surface area contributed by atoms with E-state index < -0.39 is 0 Å². The van der Waals surface area contributed by atoms with Gasteiger partial charge in [0.15, 0.2) is 0 Å². The number of nitrogens with zero attached hydrogens (tertiary/aromatic N) is 2. The van der Waals surface area contributed by atoms with E-state index in [9.17, 15) is 0 Å². The highest BCUT2D eigenvalue weighted by atomic mass is 32.1. The fraction of sp³-hybridized carbons (Fsp3) is 0.500. The highest BCUT2D eigenvalue weighted by Crippen LogP contribution is 2.26. The van der Waals surface area contributed by atoms with E-state index in [1.165, 1.54) is 4.88 Å². The average molecular weight is 304 g/mol. The molecule has 0 unspecified atom stereocenters. The molecule has 0 atom stereocenters. The maximum absolute atomic E-state index is 4.71. The maximum atomic E-state index is 4.71. The smallest absolute Gasteiger partial charge is 0.138 e. The lowest BCUT2D eigenvalue weighted by Gasteiger charge is -2.20. The molecule has 0 bridgehead atoms. The predicted octanol–water partition coefficient (Wildman–Crippen LogP) is 3.84. The number of rotatable bonds is 5. The minimum Gasteiger partial charge on any atom is -0.373 e. The molecule has 0 saturated heterocycles. The van der Waals surface area contributed by atoms with Crippen LogP contribution in [0.2, 0.25) is 0 Å². The summed E-state index contributed by atoms with van der Waals surface area (Å²) in [6.07, 6.45) is 1.01. The van der Waals surface area contributed by atoms with Crippen LogP contribution in [0.5, 0.6) is 0 Å². The number of hydrogen-bond acceptors (Lipinski definition) is 5. The Morgan fingerprint density at radius 3 is 2.48 bits per heavy atom. The van der Waals surface area contributed by atoms with Gasteiger partial charge >= 0.3 is 0 Å². The highest BCUT2D eigenvalue weighted by Gasteiger charge is 2.20. The maximum Gasteiger partial charge on any atom is 0.138 e. The van der Waals surface area contributed by atoms with Gasteiger partial charge in [-0.15, -0.1) is 11.3 Å². The number of aromatic nitrogens is 2. The van der Waals surface area contributed by atoms with Crippen molar-refractivity contribution in [2.24, 2.45) is 0 Å². The number of thiophene rings is 1. The molecule has 2 aromatic rings. The standard InChI is InChI=1S/C16H24N4S/c1-11-13(17-5)19-15(16(2,3)4)20-14(11)18-9-8-12-7-6-10-21-12/h6-7,10H,8-9H2,1-5H3,(H2,17,18,19,20). The SMILES string of the molecule is CNc1nc(C(C)(C)C)nc(NCCc2cccs2)c1C. The summed E-state index contributed by atoms with van der Waals surface area (Å²) >= 11 is 1.79. The number of nitrogens with one attached hydrogen (secondary N) is 2. The molecule has 0 fully saturated rings. The van der Waals surface area contributed by atoms with Crippen LogP contribution in [0.4, 0.5) is 11.6 Å². The van der Waals surface area contributed by atoms with Crippen molar-refractivity contribution in [1.29, 1.82) is 0 Å². The molecule has 5 heteroatoms. The van der Waals surface area contributed by atoms with Gasteiger partial charge in [-0.2, -0.15) is 0 Å². The van der Waals surface area contributed by atoms with Crippen molar-refractivity contribution in [2.75, 3.05) is 24.2 Å². The molecule has 0 aliphatic carbocycles. The van der Waals surface area contributed by atoms with Crippen molar-refractivity contribution in [2.45, 2.75) is 39.5 Å². The molecule has 2 heterocycles. The molecule has 2 rings (SSSR count). The second-order valence-electron chi connectivity index (χ2n) is 6.13. The topological polar surface area (TPSA) is 49.8 Å². The molecule has 21 heavy (non-hydrogen) atoms. The van der Waals surface area contributed by atoms with Crippen LogP contribution >= 0.6 is 11.3 Å². The third-order valence-electron chi connectivity index (χ3n) is 3.30. The third-order valence-corrected chi connectivity index (χ3v) is 4.23. The molecule has 2 N–H and O–H groups in total. The van der Waals surface area contributed by atoms with Gasteiger partial charge in [0.2, 0.25) is 0 Å². The van der Waals surface area contributed by atoms with Gasteiger partial charge in [-0.3, -0.25) is 0 Å². The Labute approximate surface area is 131 Å². The Kier molecular flexibility index (Phi) is 4.83.